The second kappa shape index (κ2) is 4.20. The summed E-state index contributed by atoms with van der Waals surface area (Å²) in [5.41, 5.74) is 1.42. The Bertz CT molecular complexity index is 484. The molecule has 0 unspecified atom stereocenters. The van der Waals surface area contributed by atoms with Crippen molar-refractivity contribution in [2.24, 2.45) is 0 Å². The summed E-state index contributed by atoms with van der Waals surface area (Å²) in [6, 6.07) is 2.85. The van der Waals surface area contributed by atoms with Crippen LogP contribution in [0.1, 0.15) is 38.8 Å². The molecule has 0 amide bonds. The van der Waals surface area contributed by atoms with Crippen LogP contribution in [0.5, 0.6) is 5.75 Å². The third-order valence-electron chi connectivity index (χ3n) is 2.58. The molecule has 4 heteroatoms. The fourth-order valence-corrected chi connectivity index (χ4v) is 1.67. The van der Waals surface area contributed by atoms with E-state index in [1.807, 2.05) is 20.8 Å². The van der Waals surface area contributed by atoms with Gasteiger partial charge in [0.15, 0.2) is 0 Å². The minimum absolute atomic E-state index is 0.0556. The van der Waals surface area contributed by atoms with Crippen molar-refractivity contribution in [3.05, 3.63) is 40.0 Å². The summed E-state index contributed by atoms with van der Waals surface area (Å²) in [7, 11) is 0. The van der Waals surface area contributed by atoms with Crippen molar-refractivity contribution >= 4 is 11.3 Å². The molecule has 0 atom stereocenters. The third-order valence-corrected chi connectivity index (χ3v) is 2.58. The van der Waals surface area contributed by atoms with E-state index in [1.54, 1.807) is 13.0 Å². The minimum Gasteiger partial charge on any atom is -0.507 e. The van der Waals surface area contributed by atoms with Gasteiger partial charge in [-0.15, -0.1) is 0 Å². The van der Waals surface area contributed by atoms with Gasteiger partial charge in [0.25, 0.3) is 5.69 Å². The summed E-state index contributed by atoms with van der Waals surface area (Å²) in [6.45, 7) is 11.2. The largest absolute Gasteiger partial charge is 0.507 e. The molecule has 0 bridgehead atoms. The van der Waals surface area contributed by atoms with Crippen LogP contribution in [0.25, 0.3) is 5.57 Å². The van der Waals surface area contributed by atoms with Crippen molar-refractivity contribution in [2.75, 3.05) is 0 Å². The first kappa shape index (κ1) is 13.2. The molecule has 17 heavy (non-hydrogen) atoms. The van der Waals surface area contributed by atoms with Gasteiger partial charge in [-0.25, -0.2) is 0 Å². The smallest absolute Gasteiger partial charge is 0.276 e. The van der Waals surface area contributed by atoms with Crippen LogP contribution >= 0.6 is 0 Å². The first-order valence-electron chi connectivity index (χ1n) is 5.32. The Morgan fingerprint density at radius 3 is 2.29 bits per heavy atom. The van der Waals surface area contributed by atoms with Gasteiger partial charge < -0.3 is 5.11 Å². The van der Waals surface area contributed by atoms with Crippen molar-refractivity contribution in [1.82, 2.24) is 0 Å². The molecule has 0 aliphatic rings. The number of nitro groups is 1. The van der Waals surface area contributed by atoms with Crippen LogP contribution in [-0.2, 0) is 5.41 Å². The summed E-state index contributed by atoms with van der Waals surface area (Å²) in [6.07, 6.45) is 0. The molecule has 1 aromatic rings. The minimum atomic E-state index is -0.470. The number of phenols is 1. The monoisotopic (exact) mass is 235 g/mol. The van der Waals surface area contributed by atoms with Gasteiger partial charge in [0.05, 0.1) is 11.0 Å². The third kappa shape index (κ3) is 2.64. The van der Waals surface area contributed by atoms with E-state index in [0.29, 0.717) is 16.7 Å². The lowest BCUT2D eigenvalue weighted by Crippen LogP contribution is -2.14. The van der Waals surface area contributed by atoms with Gasteiger partial charge >= 0.3 is 0 Å². The highest BCUT2D eigenvalue weighted by Gasteiger charge is 2.26. The van der Waals surface area contributed by atoms with Crippen molar-refractivity contribution < 1.29 is 10.0 Å². The second-order valence-electron chi connectivity index (χ2n) is 5.17. The summed E-state index contributed by atoms with van der Waals surface area (Å²) in [5, 5.41) is 20.7. The van der Waals surface area contributed by atoms with Crippen LogP contribution in [0, 0.1) is 10.1 Å². The van der Waals surface area contributed by atoms with E-state index in [9.17, 15) is 15.2 Å². The highest BCUT2D eigenvalue weighted by Crippen LogP contribution is 2.37. The van der Waals surface area contributed by atoms with E-state index in [1.165, 1.54) is 6.07 Å². The molecule has 0 saturated carbocycles. The molecular weight excluding hydrogens is 218 g/mol. The molecule has 4 nitrogen and oxygen atoms in total. The van der Waals surface area contributed by atoms with Crippen molar-refractivity contribution in [1.29, 1.82) is 0 Å². The number of allylic oxidation sites excluding steroid dienone is 1. The quantitative estimate of drug-likeness (QED) is 0.628. The maximum Gasteiger partial charge on any atom is 0.276 e. The van der Waals surface area contributed by atoms with Gasteiger partial charge in [-0.3, -0.25) is 10.1 Å². The van der Waals surface area contributed by atoms with Gasteiger partial charge in [-0.1, -0.05) is 27.4 Å². The van der Waals surface area contributed by atoms with E-state index < -0.39 is 4.92 Å². The molecule has 1 aromatic carbocycles. The van der Waals surface area contributed by atoms with Crippen LogP contribution in [0.3, 0.4) is 0 Å². The molecule has 0 aliphatic carbocycles. The summed E-state index contributed by atoms with van der Waals surface area (Å²) in [4.78, 5) is 10.5. The molecule has 1 rings (SSSR count). The zero-order chi connectivity index (χ0) is 13.4. The van der Waals surface area contributed by atoms with Crippen LogP contribution < -0.4 is 0 Å². The summed E-state index contributed by atoms with van der Waals surface area (Å²) < 4.78 is 0. The average Bonchev–Trinajstić information content (AvgIpc) is 2.14. The van der Waals surface area contributed by atoms with Crippen LogP contribution in [-0.4, -0.2) is 10.0 Å². The van der Waals surface area contributed by atoms with E-state index >= 15 is 0 Å². The van der Waals surface area contributed by atoms with Gasteiger partial charge in [0.2, 0.25) is 0 Å². The van der Waals surface area contributed by atoms with E-state index in [0.717, 1.165) is 0 Å². The number of hydrogen-bond donors (Lipinski definition) is 1. The Morgan fingerprint density at radius 2 is 1.94 bits per heavy atom. The average molecular weight is 235 g/mol. The van der Waals surface area contributed by atoms with Crippen molar-refractivity contribution in [3.63, 3.8) is 0 Å². The number of nitro benzene ring substituents is 1. The van der Waals surface area contributed by atoms with Gasteiger partial charge in [0.1, 0.15) is 5.75 Å². The molecule has 92 valence electrons. The molecule has 0 aromatic heterocycles. The number of hydrogen-bond acceptors (Lipinski definition) is 3. The van der Waals surface area contributed by atoms with Crippen molar-refractivity contribution in [3.8, 4) is 5.75 Å². The molecule has 0 fully saturated rings. The topological polar surface area (TPSA) is 63.4 Å². The molecule has 1 N–H and O–H groups in total. The Morgan fingerprint density at radius 1 is 1.41 bits per heavy atom. The number of benzene rings is 1. The summed E-state index contributed by atoms with van der Waals surface area (Å²) >= 11 is 0. The molecule has 0 spiro atoms. The fraction of sp³-hybridized carbons (Fsp3) is 0.385. The Balaban J connectivity index is 3.60. The molecule has 0 heterocycles. The SMILES string of the molecule is C=C(C)c1cc(C(C)(C)C)c([N+](=O)[O-])cc1O. The lowest BCUT2D eigenvalue weighted by molar-refractivity contribution is -0.386. The molecule has 0 aliphatic heterocycles. The van der Waals surface area contributed by atoms with Gasteiger partial charge in [-0.05, 0) is 24.0 Å². The van der Waals surface area contributed by atoms with Crippen LogP contribution in [0.15, 0.2) is 18.7 Å². The predicted octanol–water partition coefficient (Wildman–Crippen LogP) is 3.63. The number of aromatic hydroxyl groups is 1. The standard InChI is InChI=1S/C13H17NO3/c1-8(2)9-6-10(13(3,4)5)11(14(16)17)7-12(9)15/h6-7,15H,1H2,2-5H3. The lowest BCUT2D eigenvalue weighted by Gasteiger charge is -2.20. The van der Waals surface area contributed by atoms with E-state index in [4.69, 9.17) is 0 Å². The summed E-state index contributed by atoms with van der Waals surface area (Å²) in [5.74, 6) is -0.0998. The number of rotatable bonds is 2. The number of phenolic OH excluding ortho intramolecular Hbond substituents is 1. The normalized spacial score (nSPS) is 11.3. The van der Waals surface area contributed by atoms with E-state index in [-0.39, 0.29) is 16.9 Å². The number of nitrogens with zero attached hydrogens (tertiary/aromatic N) is 1. The van der Waals surface area contributed by atoms with Crippen LogP contribution in [0.2, 0.25) is 0 Å². The van der Waals surface area contributed by atoms with Crippen LogP contribution in [0.4, 0.5) is 5.69 Å². The first-order chi connectivity index (χ1) is 7.64. The first-order valence-corrected chi connectivity index (χ1v) is 5.32. The Hall–Kier alpha value is -1.84. The Labute approximate surface area is 101 Å². The molecular formula is C13H17NO3. The highest BCUT2D eigenvalue weighted by atomic mass is 16.6. The zero-order valence-corrected chi connectivity index (χ0v) is 10.6. The fourth-order valence-electron chi connectivity index (χ4n) is 1.67. The molecule has 0 saturated heterocycles. The maximum absolute atomic E-state index is 11.0. The lowest BCUT2D eigenvalue weighted by atomic mass is 9.84. The maximum atomic E-state index is 11.0. The van der Waals surface area contributed by atoms with Gasteiger partial charge in [0, 0.05) is 11.1 Å². The zero-order valence-electron chi connectivity index (χ0n) is 10.6. The molecule has 0 radical (unpaired) electrons. The highest BCUT2D eigenvalue weighted by molar-refractivity contribution is 5.70. The Kier molecular flexibility index (Phi) is 3.27. The van der Waals surface area contributed by atoms with Crippen molar-refractivity contribution in [2.45, 2.75) is 33.1 Å². The van der Waals surface area contributed by atoms with Gasteiger partial charge in [-0.2, -0.15) is 0 Å². The second-order valence-corrected chi connectivity index (χ2v) is 5.17. The van der Waals surface area contributed by atoms with E-state index in [2.05, 4.69) is 6.58 Å². The predicted molar refractivity (Wildman–Crippen MR) is 68.2 cm³/mol.